The molecule has 1 saturated heterocycles. The van der Waals surface area contributed by atoms with E-state index in [9.17, 15) is 14.7 Å². The molecule has 1 atom stereocenters. The average Bonchev–Trinajstić information content (AvgIpc) is 2.72. The molecule has 2 amide bonds. The number of hydrogen-bond donors (Lipinski definition) is 3. The second kappa shape index (κ2) is 6.04. The first-order chi connectivity index (χ1) is 8.32. The van der Waals surface area contributed by atoms with Crippen molar-refractivity contribution >= 4 is 12.0 Å². The molecule has 0 saturated carbocycles. The lowest BCUT2D eigenvalue weighted by Crippen LogP contribution is -2.51. The van der Waals surface area contributed by atoms with E-state index in [1.165, 1.54) is 0 Å². The number of carbonyl (C=O) groups excluding carboxylic acids is 1. The summed E-state index contributed by atoms with van der Waals surface area (Å²) in [4.78, 5) is 23.9. The van der Waals surface area contributed by atoms with Crippen LogP contribution < -0.4 is 5.32 Å². The molecule has 1 aliphatic heterocycles. The highest BCUT2D eigenvalue weighted by atomic mass is 16.4. The van der Waals surface area contributed by atoms with E-state index in [1.54, 1.807) is 18.7 Å². The van der Waals surface area contributed by atoms with Crippen LogP contribution in [0.2, 0.25) is 0 Å². The van der Waals surface area contributed by atoms with E-state index >= 15 is 0 Å². The van der Waals surface area contributed by atoms with E-state index in [2.05, 4.69) is 5.32 Å². The summed E-state index contributed by atoms with van der Waals surface area (Å²) < 4.78 is 0. The van der Waals surface area contributed by atoms with Crippen LogP contribution in [0, 0.1) is 0 Å². The first-order valence-corrected chi connectivity index (χ1v) is 6.31. The number of nitrogens with one attached hydrogen (secondary N) is 1. The van der Waals surface area contributed by atoms with Crippen molar-refractivity contribution < 1.29 is 19.8 Å². The van der Waals surface area contributed by atoms with Gasteiger partial charge in [0.2, 0.25) is 0 Å². The first-order valence-electron chi connectivity index (χ1n) is 6.31. The molecular formula is C12H22N2O4. The number of aliphatic hydroxyl groups is 1. The van der Waals surface area contributed by atoms with Crippen LogP contribution in [0.1, 0.15) is 39.5 Å². The van der Waals surface area contributed by atoms with E-state index in [1.807, 2.05) is 0 Å². The zero-order valence-electron chi connectivity index (χ0n) is 11.0. The number of carboxylic acids is 1. The highest BCUT2D eigenvalue weighted by Gasteiger charge is 2.38. The molecule has 1 rings (SSSR count). The number of carboxylic acid groups (broad SMARTS) is 1. The summed E-state index contributed by atoms with van der Waals surface area (Å²) in [6.45, 7) is 4.39. The van der Waals surface area contributed by atoms with Gasteiger partial charge in [-0.2, -0.15) is 0 Å². The minimum atomic E-state index is -0.908. The Labute approximate surface area is 107 Å². The Morgan fingerprint density at radius 2 is 2.11 bits per heavy atom. The van der Waals surface area contributed by atoms with Crippen molar-refractivity contribution in [3.8, 4) is 0 Å². The summed E-state index contributed by atoms with van der Waals surface area (Å²) >= 11 is 0. The second-order valence-electron chi connectivity index (χ2n) is 5.23. The van der Waals surface area contributed by atoms with Crippen molar-refractivity contribution in [2.45, 2.75) is 51.2 Å². The van der Waals surface area contributed by atoms with Crippen molar-refractivity contribution in [2.75, 3.05) is 13.1 Å². The minimum absolute atomic E-state index is 0.0508. The zero-order valence-corrected chi connectivity index (χ0v) is 11.0. The van der Waals surface area contributed by atoms with Crippen LogP contribution in [-0.2, 0) is 4.79 Å². The number of amides is 2. The molecule has 18 heavy (non-hydrogen) atoms. The van der Waals surface area contributed by atoms with Gasteiger partial charge in [-0.1, -0.05) is 0 Å². The van der Waals surface area contributed by atoms with Crippen molar-refractivity contribution in [1.82, 2.24) is 10.2 Å². The number of likely N-dealkylation sites (tertiary alicyclic amines) is 1. The summed E-state index contributed by atoms with van der Waals surface area (Å²) in [6.07, 6.45) is 2.15. The van der Waals surface area contributed by atoms with Crippen LogP contribution in [-0.4, -0.2) is 51.8 Å². The third-order valence-corrected chi connectivity index (χ3v) is 3.17. The molecule has 1 aliphatic rings. The van der Waals surface area contributed by atoms with E-state index in [-0.39, 0.29) is 18.5 Å². The van der Waals surface area contributed by atoms with Crippen LogP contribution in [0.4, 0.5) is 4.79 Å². The Morgan fingerprint density at radius 3 is 2.67 bits per heavy atom. The van der Waals surface area contributed by atoms with Crippen LogP contribution in [0.15, 0.2) is 0 Å². The number of carbonyl (C=O) groups is 2. The van der Waals surface area contributed by atoms with Crippen molar-refractivity contribution in [1.29, 1.82) is 0 Å². The van der Waals surface area contributed by atoms with E-state index in [0.29, 0.717) is 19.5 Å². The van der Waals surface area contributed by atoms with Gasteiger partial charge in [0.15, 0.2) is 0 Å². The quantitative estimate of drug-likeness (QED) is 0.636. The summed E-state index contributed by atoms with van der Waals surface area (Å²) in [5.41, 5.74) is -0.908. The van der Waals surface area contributed by atoms with E-state index in [0.717, 1.165) is 12.8 Å². The fourth-order valence-corrected chi connectivity index (χ4v) is 2.28. The maximum Gasteiger partial charge on any atom is 0.317 e. The van der Waals surface area contributed by atoms with Crippen molar-refractivity contribution in [3.05, 3.63) is 0 Å². The molecule has 0 spiro atoms. The molecule has 0 aromatic heterocycles. The number of rotatable bonds is 5. The summed E-state index contributed by atoms with van der Waals surface area (Å²) in [5.74, 6) is -0.861. The summed E-state index contributed by atoms with van der Waals surface area (Å²) in [7, 11) is 0. The predicted octanol–water partition coefficient (Wildman–Crippen LogP) is 0.796. The van der Waals surface area contributed by atoms with E-state index < -0.39 is 11.6 Å². The smallest absolute Gasteiger partial charge is 0.317 e. The lowest BCUT2D eigenvalue weighted by Gasteiger charge is -2.33. The normalized spacial score (nSPS) is 19.9. The monoisotopic (exact) mass is 258 g/mol. The Hall–Kier alpha value is -1.30. The second-order valence-corrected chi connectivity index (χ2v) is 5.23. The van der Waals surface area contributed by atoms with Gasteiger partial charge in [-0.3, -0.25) is 4.79 Å². The lowest BCUT2D eigenvalue weighted by molar-refractivity contribution is -0.137. The zero-order chi connectivity index (χ0) is 13.8. The topological polar surface area (TPSA) is 89.9 Å². The lowest BCUT2D eigenvalue weighted by atomic mass is 9.97. The van der Waals surface area contributed by atoms with Gasteiger partial charge < -0.3 is 20.4 Å². The molecule has 0 aliphatic carbocycles. The molecule has 1 unspecified atom stereocenters. The standard InChI is InChI=1S/C12H22N2O4/c1-12(2,18)9-5-4-8-14(9)11(17)13-7-3-6-10(15)16/h9,18H,3-8H2,1-2H3,(H,13,17)(H,15,16). The predicted molar refractivity (Wildman–Crippen MR) is 66.3 cm³/mol. The molecule has 104 valence electrons. The molecular weight excluding hydrogens is 236 g/mol. The van der Waals surface area contributed by atoms with Gasteiger partial charge in [-0.05, 0) is 33.1 Å². The Morgan fingerprint density at radius 1 is 1.44 bits per heavy atom. The van der Waals surface area contributed by atoms with Crippen LogP contribution in [0.5, 0.6) is 0 Å². The van der Waals surface area contributed by atoms with Gasteiger partial charge in [0.1, 0.15) is 0 Å². The fourth-order valence-electron chi connectivity index (χ4n) is 2.28. The van der Waals surface area contributed by atoms with Crippen molar-refractivity contribution in [2.24, 2.45) is 0 Å². The van der Waals surface area contributed by atoms with E-state index in [4.69, 9.17) is 5.11 Å². The first kappa shape index (κ1) is 14.8. The highest BCUT2D eigenvalue weighted by molar-refractivity contribution is 5.75. The fraction of sp³-hybridized carbons (Fsp3) is 0.833. The molecule has 0 bridgehead atoms. The van der Waals surface area contributed by atoms with Crippen LogP contribution >= 0.6 is 0 Å². The van der Waals surface area contributed by atoms with Gasteiger partial charge in [0.25, 0.3) is 0 Å². The Bertz CT molecular complexity index is 312. The number of nitrogens with zero attached hydrogens (tertiary/aromatic N) is 1. The minimum Gasteiger partial charge on any atom is -0.481 e. The largest absolute Gasteiger partial charge is 0.481 e. The number of hydrogen-bond acceptors (Lipinski definition) is 3. The number of aliphatic carboxylic acids is 1. The molecule has 6 nitrogen and oxygen atoms in total. The van der Waals surface area contributed by atoms with Crippen molar-refractivity contribution in [3.63, 3.8) is 0 Å². The molecule has 0 aromatic carbocycles. The van der Waals surface area contributed by atoms with Gasteiger partial charge in [0.05, 0.1) is 11.6 Å². The molecule has 6 heteroatoms. The third kappa shape index (κ3) is 4.18. The van der Waals surface area contributed by atoms with Crippen LogP contribution in [0.3, 0.4) is 0 Å². The van der Waals surface area contributed by atoms with Gasteiger partial charge >= 0.3 is 12.0 Å². The maximum absolute atomic E-state index is 11.9. The van der Waals surface area contributed by atoms with Gasteiger partial charge in [-0.15, -0.1) is 0 Å². The highest BCUT2D eigenvalue weighted by Crippen LogP contribution is 2.26. The molecule has 3 N–H and O–H groups in total. The SMILES string of the molecule is CC(C)(O)C1CCCN1C(=O)NCCCC(=O)O. The van der Waals surface area contributed by atoms with Gasteiger partial charge in [0, 0.05) is 19.5 Å². The Balaban J connectivity index is 2.39. The number of urea groups is 1. The van der Waals surface area contributed by atoms with Gasteiger partial charge in [-0.25, -0.2) is 4.79 Å². The molecule has 1 fully saturated rings. The summed E-state index contributed by atoms with van der Waals surface area (Å²) in [6, 6.07) is -0.387. The Kier molecular flexibility index (Phi) is 4.95. The third-order valence-electron chi connectivity index (χ3n) is 3.17. The molecule has 0 radical (unpaired) electrons. The molecule has 0 aromatic rings. The maximum atomic E-state index is 11.9. The summed E-state index contributed by atoms with van der Waals surface area (Å²) in [5, 5.41) is 21.2. The average molecular weight is 258 g/mol. The van der Waals surface area contributed by atoms with Crippen LogP contribution in [0.25, 0.3) is 0 Å². The molecule has 1 heterocycles.